The number of halogens is 2. The van der Waals surface area contributed by atoms with Crippen LogP contribution in [0.3, 0.4) is 0 Å². The molecule has 4 heteroatoms. The fraction of sp³-hybridized carbons (Fsp3) is 0.0769. The Morgan fingerprint density at radius 1 is 1.06 bits per heavy atom. The molecule has 0 saturated heterocycles. The lowest BCUT2D eigenvalue weighted by molar-refractivity contribution is 0.378. The molecule has 0 N–H and O–H groups in total. The fourth-order valence-electron chi connectivity index (χ4n) is 1.33. The Morgan fingerprint density at radius 3 is 2.41 bits per heavy atom. The van der Waals surface area contributed by atoms with Gasteiger partial charge in [-0.2, -0.15) is 0 Å². The van der Waals surface area contributed by atoms with Crippen molar-refractivity contribution in [3.8, 4) is 17.2 Å². The largest absolute Gasteiger partial charge is 0.493 e. The molecule has 0 aliphatic heterocycles. The van der Waals surface area contributed by atoms with Gasteiger partial charge in [-0.3, -0.25) is 0 Å². The van der Waals surface area contributed by atoms with Gasteiger partial charge in [-0.25, -0.2) is 4.39 Å². The number of methoxy groups -OCH3 is 1. The van der Waals surface area contributed by atoms with E-state index in [2.05, 4.69) is 22.0 Å². The summed E-state index contributed by atoms with van der Waals surface area (Å²) in [5.74, 6) is 1.22. The van der Waals surface area contributed by atoms with Crippen molar-refractivity contribution in [3.05, 3.63) is 52.8 Å². The van der Waals surface area contributed by atoms with E-state index in [4.69, 9.17) is 9.47 Å². The van der Waals surface area contributed by atoms with E-state index in [0.29, 0.717) is 21.7 Å². The van der Waals surface area contributed by atoms with Crippen LogP contribution < -0.4 is 9.47 Å². The van der Waals surface area contributed by atoms with Crippen LogP contribution in [0.15, 0.2) is 40.9 Å². The van der Waals surface area contributed by atoms with Crippen molar-refractivity contribution in [2.45, 2.75) is 0 Å². The van der Waals surface area contributed by atoms with Gasteiger partial charge in [-0.05, 0) is 40.2 Å². The van der Waals surface area contributed by atoms with Gasteiger partial charge >= 0.3 is 0 Å². The molecule has 2 nitrogen and oxygen atoms in total. The van der Waals surface area contributed by atoms with Gasteiger partial charge < -0.3 is 9.47 Å². The van der Waals surface area contributed by atoms with Crippen molar-refractivity contribution in [1.29, 1.82) is 0 Å². The molecule has 0 amide bonds. The second-order valence-corrected chi connectivity index (χ2v) is 4.03. The molecule has 0 fully saturated rings. The molecule has 2 aromatic carbocycles. The number of ether oxygens (including phenoxy) is 2. The first-order valence-corrected chi connectivity index (χ1v) is 5.68. The van der Waals surface area contributed by atoms with Crippen molar-refractivity contribution >= 4 is 15.9 Å². The van der Waals surface area contributed by atoms with Gasteiger partial charge in [0, 0.05) is 6.07 Å². The van der Waals surface area contributed by atoms with Crippen LogP contribution in [0.2, 0.25) is 0 Å². The highest BCUT2D eigenvalue weighted by molar-refractivity contribution is 9.10. The van der Waals surface area contributed by atoms with E-state index in [0.717, 1.165) is 0 Å². The van der Waals surface area contributed by atoms with Crippen LogP contribution in [-0.4, -0.2) is 7.11 Å². The summed E-state index contributed by atoms with van der Waals surface area (Å²) in [4.78, 5) is 0. The number of rotatable bonds is 3. The Bertz CT molecular complexity index is 529. The maximum absolute atomic E-state index is 12.9. The minimum atomic E-state index is -0.441. The minimum Gasteiger partial charge on any atom is -0.493 e. The predicted molar refractivity (Wildman–Crippen MR) is 66.0 cm³/mol. The topological polar surface area (TPSA) is 18.5 Å². The molecule has 0 aliphatic carbocycles. The first-order valence-electron chi connectivity index (χ1n) is 4.89. The third-order valence-electron chi connectivity index (χ3n) is 2.12. The summed E-state index contributed by atoms with van der Waals surface area (Å²) >= 11 is 3.19. The summed E-state index contributed by atoms with van der Waals surface area (Å²) in [5, 5.41) is 0. The monoisotopic (exact) mass is 295 g/mol. The Kier molecular flexibility index (Phi) is 3.64. The lowest BCUT2D eigenvalue weighted by Crippen LogP contribution is -1.91. The quantitative estimate of drug-likeness (QED) is 0.845. The molecular weight excluding hydrogens is 287 g/mol. The molecule has 0 aromatic heterocycles. The maximum atomic E-state index is 12.9. The number of hydrogen-bond acceptors (Lipinski definition) is 2. The Morgan fingerprint density at radius 2 is 1.76 bits per heavy atom. The van der Waals surface area contributed by atoms with Gasteiger partial charge in [0.15, 0.2) is 11.5 Å². The second kappa shape index (κ2) is 5.19. The molecule has 17 heavy (non-hydrogen) atoms. The van der Waals surface area contributed by atoms with E-state index in [1.165, 1.54) is 12.1 Å². The second-order valence-electron chi connectivity index (χ2n) is 3.24. The van der Waals surface area contributed by atoms with Crippen LogP contribution in [0.4, 0.5) is 4.39 Å². The molecule has 0 heterocycles. The van der Waals surface area contributed by atoms with Crippen LogP contribution in [0.1, 0.15) is 0 Å². The van der Waals surface area contributed by atoms with E-state index >= 15 is 0 Å². The van der Waals surface area contributed by atoms with Gasteiger partial charge in [-0.1, -0.05) is 12.1 Å². The van der Waals surface area contributed by atoms with Crippen molar-refractivity contribution < 1.29 is 13.9 Å². The van der Waals surface area contributed by atoms with Crippen LogP contribution in [0.5, 0.6) is 17.2 Å². The molecule has 0 spiro atoms. The van der Waals surface area contributed by atoms with E-state index in [1.807, 2.05) is 12.1 Å². The van der Waals surface area contributed by atoms with Crippen molar-refractivity contribution in [1.82, 2.24) is 0 Å². The molecule has 0 unspecified atom stereocenters. The van der Waals surface area contributed by atoms with Gasteiger partial charge in [-0.15, -0.1) is 0 Å². The van der Waals surface area contributed by atoms with E-state index in [1.54, 1.807) is 19.2 Å². The lowest BCUT2D eigenvalue weighted by Gasteiger charge is -2.10. The third kappa shape index (κ3) is 2.77. The van der Waals surface area contributed by atoms with Crippen molar-refractivity contribution in [2.24, 2.45) is 0 Å². The minimum absolute atomic E-state index is 0.434. The normalized spacial score (nSPS) is 10.1. The zero-order valence-corrected chi connectivity index (χ0v) is 10.6. The highest BCUT2D eigenvalue weighted by Gasteiger charge is 2.08. The molecule has 2 aromatic rings. The fourth-order valence-corrected chi connectivity index (χ4v) is 1.73. The smallest absolute Gasteiger partial charge is 0.169 e. The maximum Gasteiger partial charge on any atom is 0.169 e. The number of para-hydroxylation sites is 2. The van der Waals surface area contributed by atoms with Crippen LogP contribution >= 0.6 is 15.9 Å². The van der Waals surface area contributed by atoms with Crippen LogP contribution in [0, 0.1) is 11.9 Å². The summed E-state index contributed by atoms with van der Waals surface area (Å²) in [6, 6.07) is 12.5. The first-order chi connectivity index (χ1) is 8.20. The number of benzene rings is 2. The SMILES string of the molecule is COc1ccccc1Oc1ccc(F)[c]c1Br. The zero-order chi connectivity index (χ0) is 12.3. The van der Waals surface area contributed by atoms with Gasteiger partial charge in [0.05, 0.1) is 11.6 Å². The van der Waals surface area contributed by atoms with Crippen LogP contribution in [0.25, 0.3) is 0 Å². The Hall–Kier alpha value is -1.55. The first kappa shape index (κ1) is 11.9. The average molecular weight is 296 g/mol. The molecule has 0 bridgehead atoms. The Balaban J connectivity index is 2.31. The van der Waals surface area contributed by atoms with Gasteiger partial charge in [0.1, 0.15) is 11.6 Å². The van der Waals surface area contributed by atoms with Crippen LogP contribution in [-0.2, 0) is 0 Å². The zero-order valence-electron chi connectivity index (χ0n) is 9.04. The molecule has 0 aliphatic rings. The molecule has 2 rings (SSSR count). The Labute approximate surface area is 107 Å². The molecule has 87 valence electrons. The highest BCUT2D eigenvalue weighted by Crippen LogP contribution is 2.34. The molecule has 0 atom stereocenters. The summed E-state index contributed by atoms with van der Waals surface area (Å²) in [6.45, 7) is 0. The van der Waals surface area contributed by atoms with Gasteiger partial charge in [0.2, 0.25) is 0 Å². The van der Waals surface area contributed by atoms with Crippen molar-refractivity contribution in [3.63, 3.8) is 0 Å². The van der Waals surface area contributed by atoms with Gasteiger partial charge in [0.25, 0.3) is 0 Å². The summed E-state index contributed by atoms with van der Waals surface area (Å²) in [5.41, 5.74) is 0. The number of hydrogen-bond donors (Lipinski definition) is 0. The summed E-state index contributed by atoms with van der Waals surface area (Å²) in [6.07, 6.45) is 0. The lowest BCUT2D eigenvalue weighted by atomic mass is 10.3. The third-order valence-corrected chi connectivity index (χ3v) is 2.70. The van der Waals surface area contributed by atoms with E-state index in [9.17, 15) is 4.39 Å². The summed E-state index contributed by atoms with van der Waals surface area (Å²) in [7, 11) is 1.56. The molecule has 1 radical (unpaired) electrons. The van der Waals surface area contributed by atoms with Crippen molar-refractivity contribution in [2.75, 3.05) is 7.11 Å². The van der Waals surface area contributed by atoms with E-state index < -0.39 is 5.82 Å². The molecule has 0 saturated carbocycles. The molecular formula is C13H9BrFO2. The standard InChI is InChI=1S/C13H9BrFO2/c1-16-12-4-2-3-5-13(12)17-11-7-6-9(15)8-10(11)14/h2-7H,1H3. The highest BCUT2D eigenvalue weighted by atomic mass is 79.9. The average Bonchev–Trinajstić information content (AvgIpc) is 2.33. The van der Waals surface area contributed by atoms with E-state index in [-0.39, 0.29) is 0 Å². The predicted octanol–water partition coefficient (Wildman–Crippen LogP) is 4.19. The summed E-state index contributed by atoms with van der Waals surface area (Å²) < 4.78 is 24.1.